The zero-order chi connectivity index (χ0) is 21.1. The van der Waals surface area contributed by atoms with E-state index in [1.165, 1.54) is 24.3 Å². The Bertz CT molecular complexity index is 1090. The van der Waals surface area contributed by atoms with E-state index in [1.807, 2.05) is 32.9 Å². The molecule has 0 fully saturated rings. The van der Waals surface area contributed by atoms with Gasteiger partial charge in [0.1, 0.15) is 11.3 Å². The minimum absolute atomic E-state index is 0.0432. The molecule has 0 saturated carbocycles. The largest absolute Gasteiger partial charge is 0.463 e. The molecule has 2 amide bonds. The third kappa shape index (κ3) is 4.45. The summed E-state index contributed by atoms with van der Waals surface area (Å²) in [5.74, 6) is -0.373. The van der Waals surface area contributed by atoms with Crippen molar-refractivity contribution in [2.45, 2.75) is 20.8 Å². The molecule has 2 N–H and O–H groups in total. The number of hydrogen-bond acceptors (Lipinski definition) is 4. The first-order chi connectivity index (χ1) is 13.8. The average Bonchev–Trinajstić information content (AvgIpc) is 3.18. The highest BCUT2D eigenvalue weighted by Crippen LogP contribution is 2.22. The molecule has 7 heteroatoms. The molecule has 2 heterocycles. The zero-order valence-electron chi connectivity index (χ0n) is 16.8. The number of H-pyrrole nitrogens is 1. The Balaban J connectivity index is 1.71. The highest BCUT2D eigenvalue weighted by molar-refractivity contribution is 5.99. The van der Waals surface area contributed by atoms with Crippen LogP contribution in [0.3, 0.4) is 0 Å². The van der Waals surface area contributed by atoms with Gasteiger partial charge in [-0.25, -0.2) is 0 Å². The number of carbonyl (C=O) groups is 2. The maximum atomic E-state index is 12.6. The van der Waals surface area contributed by atoms with Crippen molar-refractivity contribution in [3.05, 3.63) is 75.3 Å². The second-order valence-electron chi connectivity index (χ2n) is 7.08. The third-order valence-corrected chi connectivity index (χ3v) is 4.60. The van der Waals surface area contributed by atoms with Gasteiger partial charge in [0.2, 0.25) is 5.91 Å². The monoisotopic (exact) mass is 393 g/mol. The van der Waals surface area contributed by atoms with E-state index in [0.29, 0.717) is 11.5 Å². The van der Waals surface area contributed by atoms with Gasteiger partial charge in [-0.1, -0.05) is 17.7 Å². The molecule has 0 atom stereocenters. The number of aryl methyl sites for hydroxylation is 3. The number of aromatic amines is 1. The molecule has 7 nitrogen and oxygen atoms in total. The molecule has 0 radical (unpaired) electrons. The average molecular weight is 393 g/mol. The number of likely N-dealkylation sites (N-methyl/N-ethyl adjacent to an activating group) is 1. The van der Waals surface area contributed by atoms with Crippen LogP contribution in [-0.4, -0.2) is 35.3 Å². The van der Waals surface area contributed by atoms with Crippen molar-refractivity contribution in [3.8, 4) is 11.5 Å². The summed E-state index contributed by atoms with van der Waals surface area (Å²) in [4.78, 5) is 41.2. The van der Waals surface area contributed by atoms with Crippen molar-refractivity contribution in [1.29, 1.82) is 0 Å². The Labute approximate surface area is 168 Å². The summed E-state index contributed by atoms with van der Waals surface area (Å²) in [6, 6.07) is 10.4. The summed E-state index contributed by atoms with van der Waals surface area (Å²) >= 11 is 0. The molecule has 150 valence electrons. The molecule has 0 aliphatic carbocycles. The summed E-state index contributed by atoms with van der Waals surface area (Å²) < 4.78 is 5.24. The molecule has 0 unspecified atom stereocenters. The lowest BCUT2D eigenvalue weighted by Crippen LogP contribution is -2.37. The normalized spacial score (nSPS) is 10.6. The van der Waals surface area contributed by atoms with E-state index < -0.39 is 11.5 Å². The second kappa shape index (κ2) is 8.18. The number of hydrogen-bond donors (Lipinski definition) is 2. The van der Waals surface area contributed by atoms with Gasteiger partial charge in [0.05, 0.1) is 18.5 Å². The first kappa shape index (κ1) is 20.1. The molecule has 3 aromatic rings. The van der Waals surface area contributed by atoms with E-state index >= 15 is 0 Å². The molecule has 0 saturated heterocycles. The van der Waals surface area contributed by atoms with Crippen LogP contribution in [0.1, 0.15) is 27.0 Å². The maximum Gasteiger partial charge on any atom is 0.261 e. The maximum absolute atomic E-state index is 12.6. The topological polar surface area (TPSA) is 95.4 Å². The van der Waals surface area contributed by atoms with Gasteiger partial charge in [0, 0.05) is 12.7 Å². The summed E-state index contributed by atoms with van der Waals surface area (Å²) in [6.07, 6.45) is 1.50. The van der Waals surface area contributed by atoms with Gasteiger partial charge < -0.3 is 19.6 Å². The molecule has 2 aromatic heterocycles. The van der Waals surface area contributed by atoms with Crippen LogP contribution in [0.25, 0.3) is 11.5 Å². The van der Waals surface area contributed by atoms with Crippen LogP contribution >= 0.6 is 0 Å². The van der Waals surface area contributed by atoms with Crippen molar-refractivity contribution < 1.29 is 14.0 Å². The van der Waals surface area contributed by atoms with Gasteiger partial charge in [0.25, 0.3) is 11.5 Å². The standard InChI is InChI=1S/C22H23N3O4/c1-13-10-14(2)20(15(3)11-13)24-19(26)12-25(4)22(28)16-7-8-17(23-21(16)27)18-6-5-9-29-18/h5-11H,12H2,1-4H3,(H,23,27)(H,24,26). The molecule has 29 heavy (non-hydrogen) atoms. The van der Waals surface area contributed by atoms with Gasteiger partial charge in [-0.05, 0) is 56.2 Å². The van der Waals surface area contributed by atoms with Crippen molar-refractivity contribution in [2.24, 2.45) is 0 Å². The Morgan fingerprint density at radius 2 is 1.79 bits per heavy atom. The molecular weight excluding hydrogens is 370 g/mol. The highest BCUT2D eigenvalue weighted by atomic mass is 16.3. The van der Waals surface area contributed by atoms with Crippen LogP contribution in [0.15, 0.2) is 51.9 Å². The number of aromatic nitrogens is 1. The first-order valence-corrected chi connectivity index (χ1v) is 9.16. The number of carbonyl (C=O) groups excluding carboxylic acids is 2. The fraction of sp³-hybridized carbons (Fsp3) is 0.227. The minimum Gasteiger partial charge on any atom is -0.463 e. The quantitative estimate of drug-likeness (QED) is 0.695. The number of anilines is 1. The zero-order valence-corrected chi connectivity index (χ0v) is 16.8. The minimum atomic E-state index is -0.540. The molecule has 0 bridgehead atoms. The van der Waals surface area contributed by atoms with E-state index in [0.717, 1.165) is 22.4 Å². The van der Waals surface area contributed by atoms with Crippen LogP contribution < -0.4 is 10.9 Å². The van der Waals surface area contributed by atoms with Crippen LogP contribution in [0.2, 0.25) is 0 Å². The van der Waals surface area contributed by atoms with Crippen LogP contribution in [-0.2, 0) is 4.79 Å². The Morgan fingerprint density at radius 3 is 2.38 bits per heavy atom. The van der Waals surface area contributed by atoms with Gasteiger partial charge in [0.15, 0.2) is 0 Å². The third-order valence-electron chi connectivity index (χ3n) is 4.60. The van der Waals surface area contributed by atoms with Gasteiger partial charge in [-0.2, -0.15) is 0 Å². The Hall–Kier alpha value is -3.61. The summed E-state index contributed by atoms with van der Waals surface area (Å²) in [5.41, 5.74) is 3.65. The molecule has 0 aliphatic rings. The number of amides is 2. The first-order valence-electron chi connectivity index (χ1n) is 9.16. The van der Waals surface area contributed by atoms with E-state index in [-0.39, 0.29) is 18.0 Å². The van der Waals surface area contributed by atoms with E-state index in [2.05, 4.69) is 10.3 Å². The Morgan fingerprint density at radius 1 is 1.10 bits per heavy atom. The van der Waals surface area contributed by atoms with E-state index in [4.69, 9.17) is 4.42 Å². The van der Waals surface area contributed by atoms with Crippen LogP contribution in [0, 0.1) is 20.8 Å². The van der Waals surface area contributed by atoms with Crippen molar-refractivity contribution in [3.63, 3.8) is 0 Å². The second-order valence-corrected chi connectivity index (χ2v) is 7.08. The predicted octanol–water partition coefficient (Wildman–Crippen LogP) is 3.27. The molecule has 0 spiro atoms. The van der Waals surface area contributed by atoms with Crippen molar-refractivity contribution >= 4 is 17.5 Å². The van der Waals surface area contributed by atoms with Gasteiger partial charge in [-0.15, -0.1) is 0 Å². The number of benzene rings is 1. The summed E-state index contributed by atoms with van der Waals surface area (Å²) in [6.45, 7) is 5.66. The molecular formula is C22H23N3O4. The fourth-order valence-corrected chi connectivity index (χ4v) is 3.27. The predicted molar refractivity (Wildman–Crippen MR) is 111 cm³/mol. The summed E-state index contributed by atoms with van der Waals surface area (Å²) in [5, 5.41) is 2.85. The smallest absolute Gasteiger partial charge is 0.261 e. The van der Waals surface area contributed by atoms with Gasteiger partial charge >= 0.3 is 0 Å². The number of nitrogens with zero attached hydrogens (tertiary/aromatic N) is 1. The fourth-order valence-electron chi connectivity index (χ4n) is 3.27. The van der Waals surface area contributed by atoms with Gasteiger partial charge in [-0.3, -0.25) is 14.4 Å². The number of nitrogens with one attached hydrogen (secondary N) is 2. The number of pyridine rings is 1. The van der Waals surface area contributed by atoms with E-state index in [1.54, 1.807) is 18.2 Å². The van der Waals surface area contributed by atoms with Crippen LogP contribution in [0.5, 0.6) is 0 Å². The Kier molecular flexibility index (Phi) is 5.68. The van der Waals surface area contributed by atoms with Crippen molar-refractivity contribution in [2.75, 3.05) is 18.9 Å². The van der Waals surface area contributed by atoms with Crippen molar-refractivity contribution in [1.82, 2.24) is 9.88 Å². The molecule has 3 rings (SSSR count). The summed E-state index contributed by atoms with van der Waals surface area (Å²) in [7, 11) is 1.48. The molecule has 1 aromatic carbocycles. The SMILES string of the molecule is Cc1cc(C)c(NC(=O)CN(C)C(=O)c2ccc(-c3ccco3)[nH]c2=O)c(C)c1. The highest BCUT2D eigenvalue weighted by Gasteiger charge is 2.19. The lowest BCUT2D eigenvalue weighted by atomic mass is 10.1. The number of furan rings is 1. The lowest BCUT2D eigenvalue weighted by molar-refractivity contribution is -0.116. The van der Waals surface area contributed by atoms with Crippen LogP contribution in [0.4, 0.5) is 5.69 Å². The van der Waals surface area contributed by atoms with E-state index in [9.17, 15) is 14.4 Å². The number of rotatable bonds is 5. The molecule has 0 aliphatic heterocycles. The lowest BCUT2D eigenvalue weighted by Gasteiger charge is -2.18.